The predicted octanol–water partition coefficient (Wildman–Crippen LogP) is 0.979. The second-order valence-corrected chi connectivity index (χ2v) is 10.7. The summed E-state index contributed by atoms with van der Waals surface area (Å²) in [4.78, 5) is 41.8. The molecule has 0 saturated carbocycles. The van der Waals surface area contributed by atoms with Crippen molar-refractivity contribution in [1.29, 1.82) is 0 Å². The zero-order valence-corrected chi connectivity index (χ0v) is 21.6. The first-order valence-corrected chi connectivity index (χ1v) is 13.3. The topological polar surface area (TPSA) is 136 Å². The Morgan fingerprint density at radius 3 is 2.89 bits per heavy atom. The van der Waals surface area contributed by atoms with Crippen LogP contribution in [-0.4, -0.2) is 85.1 Å². The number of aliphatic hydroxyl groups is 1. The fourth-order valence-electron chi connectivity index (χ4n) is 6.03. The van der Waals surface area contributed by atoms with Crippen LogP contribution in [0, 0.1) is 11.8 Å². The minimum Gasteiger partial charge on any atom is -0.466 e. The van der Waals surface area contributed by atoms with Crippen LogP contribution < -0.4 is 5.32 Å². The number of fused-ring (bicyclic) bond motifs is 2. The van der Waals surface area contributed by atoms with E-state index in [9.17, 15) is 14.4 Å². The number of rotatable bonds is 10. The predicted molar refractivity (Wildman–Crippen MR) is 131 cm³/mol. The highest BCUT2D eigenvalue weighted by molar-refractivity contribution is 9.09. The number of aromatic nitrogens is 3. The van der Waals surface area contributed by atoms with Crippen molar-refractivity contribution >= 4 is 44.7 Å². The summed E-state index contributed by atoms with van der Waals surface area (Å²) in [5.41, 5.74) is 0.362. The number of unbranched alkanes of at least 4 members (excludes halogenated alkanes) is 2. The third kappa shape index (κ3) is 3.99. The maximum Gasteiger partial charge on any atom is 0.312 e. The SMILES string of the molecule is CCOC(=O)[C@H]1[C@@H]2O[C@@]3(CC2Br)[C@@H]1C(=O)N(CCCCCO)[C@@H]3C(=O)NCn1nnc2ccccc21. The van der Waals surface area contributed by atoms with Crippen molar-refractivity contribution in [2.45, 2.75) is 61.8 Å². The number of halogens is 1. The molecular formula is C24H30BrN5O6. The van der Waals surface area contributed by atoms with Crippen molar-refractivity contribution < 1.29 is 29.0 Å². The van der Waals surface area contributed by atoms with Gasteiger partial charge in [-0.2, -0.15) is 0 Å². The smallest absolute Gasteiger partial charge is 0.312 e. The number of aliphatic hydroxyl groups excluding tert-OH is 1. The zero-order valence-electron chi connectivity index (χ0n) is 20.0. The average molecular weight is 564 g/mol. The Morgan fingerprint density at radius 2 is 2.11 bits per heavy atom. The molecule has 2 amide bonds. The summed E-state index contributed by atoms with van der Waals surface area (Å²) in [5.74, 6) is -2.64. The van der Waals surface area contributed by atoms with Crippen LogP contribution in [-0.2, 0) is 30.5 Å². The Bertz CT molecular complexity index is 1160. The Labute approximate surface area is 216 Å². The fraction of sp³-hybridized carbons (Fsp3) is 0.625. The van der Waals surface area contributed by atoms with Crippen molar-refractivity contribution in [2.75, 3.05) is 19.8 Å². The number of esters is 1. The Morgan fingerprint density at radius 1 is 1.31 bits per heavy atom. The summed E-state index contributed by atoms with van der Waals surface area (Å²) in [5, 5.41) is 20.3. The van der Waals surface area contributed by atoms with Gasteiger partial charge in [0.05, 0.1) is 30.1 Å². The zero-order chi connectivity index (χ0) is 25.4. The third-order valence-electron chi connectivity index (χ3n) is 7.48. The normalized spacial score (nSPS) is 30.7. The molecule has 6 atom stereocenters. The van der Waals surface area contributed by atoms with Crippen molar-refractivity contribution in [3.8, 4) is 0 Å². The van der Waals surface area contributed by atoms with Crippen LogP contribution in [0.5, 0.6) is 0 Å². The fourth-order valence-corrected chi connectivity index (χ4v) is 6.98. The lowest BCUT2D eigenvalue weighted by molar-refractivity contribution is -0.154. The van der Waals surface area contributed by atoms with E-state index in [0.717, 1.165) is 5.52 Å². The maximum absolute atomic E-state index is 13.7. The molecule has 2 aromatic rings. The van der Waals surface area contributed by atoms with Crippen molar-refractivity contribution in [3.05, 3.63) is 24.3 Å². The highest BCUT2D eigenvalue weighted by atomic mass is 79.9. The molecule has 3 fully saturated rings. The number of hydrogen-bond acceptors (Lipinski definition) is 8. The van der Waals surface area contributed by atoms with Gasteiger partial charge < -0.3 is 24.8 Å². The quantitative estimate of drug-likeness (QED) is 0.248. The second-order valence-electron chi connectivity index (χ2n) is 9.51. The van der Waals surface area contributed by atoms with E-state index < -0.39 is 35.6 Å². The molecule has 1 unspecified atom stereocenters. The summed E-state index contributed by atoms with van der Waals surface area (Å²) in [7, 11) is 0. The number of hydrogen-bond donors (Lipinski definition) is 2. The molecule has 5 rings (SSSR count). The summed E-state index contributed by atoms with van der Waals surface area (Å²) in [6.45, 7) is 2.39. The Balaban J connectivity index is 1.43. The number of ether oxygens (including phenoxy) is 2. The van der Waals surface area contributed by atoms with E-state index in [0.29, 0.717) is 37.7 Å². The molecule has 1 spiro atoms. The molecule has 194 valence electrons. The Hall–Kier alpha value is -2.57. The average Bonchev–Trinajstić information content (AvgIpc) is 3.58. The molecule has 1 aromatic heterocycles. The number of carbonyl (C=O) groups excluding carboxylic acids is 3. The van der Waals surface area contributed by atoms with Gasteiger partial charge in [-0.1, -0.05) is 33.3 Å². The molecule has 0 aliphatic carbocycles. The van der Waals surface area contributed by atoms with E-state index in [-0.39, 0.29) is 36.5 Å². The molecule has 3 aliphatic rings. The summed E-state index contributed by atoms with van der Waals surface area (Å²) in [6.07, 6.45) is 1.84. The van der Waals surface area contributed by atoms with Gasteiger partial charge in [0.1, 0.15) is 23.8 Å². The van der Waals surface area contributed by atoms with Crippen LogP contribution in [0.3, 0.4) is 0 Å². The highest BCUT2D eigenvalue weighted by Gasteiger charge is 2.76. The van der Waals surface area contributed by atoms with Crippen molar-refractivity contribution in [3.63, 3.8) is 0 Å². The van der Waals surface area contributed by atoms with Gasteiger partial charge in [-0.25, -0.2) is 4.68 Å². The van der Waals surface area contributed by atoms with Gasteiger partial charge >= 0.3 is 5.97 Å². The van der Waals surface area contributed by atoms with Gasteiger partial charge in [-0.15, -0.1) is 5.10 Å². The van der Waals surface area contributed by atoms with Gasteiger partial charge in [-0.3, -0.25) is 14.4 Å². The van der Waals surface area contributed by atoms with Crippen LogP contribution in [0.4, 0.5) is 0 Å². The van der Waals surface area contributed by atoms with E-state index in [2.05, 4.69) is 31.6 Å². The van der Waals surface area contributed by atoms with Gasteiger partial charge in [-0.05, 0) is 44.7 Å². The first kappa shape index (κ1) is 25.1. The van der Waals surface area contributed by atoms with Gasteiger partial charge in [0.2, 0.25) is 11.8 Å². The Kier molecular flexibility index (Phi) is 7.01. The molecule has 4 heterocycles. The van der Waals surface area contributed by atoms with Gasteiger partial charge in [0, 0.05) is 18.0 Å². The number of nitrogens with one attached hydrogen (secondary N) is 1. The molecule has 36 heavy (non-hydrogen) atoms. The van der Waals surface area contributed by atoms with Crippen molar-refractivity contribution in [2.24, 2.45) is 11.8 Å². The third-order valence-corrected chi connectivity index (χ3v) is 8.32. The molecule has 3 aliphatic heterocycles. The van der Waals surface area contributed by atoms with Crippen LogP contribution in [0.2, 0.25) is 0 Å². The van der Waals surface area contributed by atoms with Crippen LogP contribution in [0.25, 0.3) is 11.0 Å². The summed E-state index contributed by atoms with van der Waals surface area (Å²) in [6, 6.07) is 6.54. The number of likely N-dealkylation sites (tertiary alicyclic amines) is 1. The van der Waals surface area contributed by atoms with Gasteiger partial charge in [0.15, 0.2) is 0 Å². The first-order valence-electron chi connectivity index (χ1n) is 12.4. The lowest BCUT2D eigenvalue weighted by Crippen LogP contribution is -2.56. The van der Waals surface area contributed by atoms with E-state index in [1.165, 1.54) is 0 Å². The monoisotopic (exact) mass is 563 g/mol. The molecular weight excluding hydrogens is 534 g/mol. The number of para-hydroxylation sites is 1. The molecule has 0 radical (unpaired) electrons. The molecule has 12 heteroatoms. The number of amides is 2. The van der Waals surface area contributed by atoms with Gasteiger partial charge in [0.25, 0.3) is 0 Å². The van der Waals surface area contributed by atoms with E-state index in [1.54, 1.807) is 16.5 Å². The lowest BCUT2D eigenvalue weighted by atomic mass is 9.70. The highest BCUT2D eigenvalue weighted by Crippen LogP contribution is 2.60. The number of benzene rings is 1. The van der Waals surface area contributed by atoms with E-state index >= 15 is 0 Å². The largest absolute Gasteiger partial charge is 0.466 e. The number of alkyl halides is 1. The number of nitrogens with zero attached hydrogens (tertiary/aromatic N) is 4. The molecule has 2 N–H and O–H groups in total. The van der Waals surface area contributed by atoms with Crippen LogP contribution in [0.1, 0.15) is 32.6 Å². The molecule has 2 bridgehead atoms. The maximum atomic E-state index is 13.7. The van der Waals surface area contributed by atoms with Crippen LogP contribution in [0.15, 0.2) is 24.3 Å². The van der Waals surface area contributed by atoms with Crippen molar-refractivity contribution in [1.82, 2.24) is 25.2 Å². The molecule has 11 nitrogen and oxygen atoms in total. The van der Waals surface area contributed by atoms with E-state index in [4.69, 9.17) is 14.6 Å². The minimum absolute atomic E-state index is 0.0667. The number of carbonyl (C=O) groups is 3. The standard InChI is InChI=1S/C24H30BrN5O6/c1-2-35-23(34)17-18-22(33)29(10-6-3-7-11-31)20(24(18)12-14(25)19(17)36-24)21(32)26-13-30-16-9-5-4-8-15(16)27-28-30/h4-5,8-9,14,17-20,31H,2-3,6-7,10-13H2,1H3,(H,26,32)/t14?,17-,18+,19-,20-,24+/m1/s1. The van der Waals surface area contributed by atoms with E-state index in [1.807, 2.05) is 24.3 Å². The minimum atomic E-state index is -1.13. The lowest BCUT2D eigenvalue weighted by Gasteiger charge is -2.34. The molecule has 3 saturated heterocycles. The summed E-state index contributed by atoms with van der Waals surface area (Å²) >= 11 is 3.63. The summed E-state index contributed by atoms with van der Waals surface area (Å²) < 4.78 is 13.3. The second kappa shape index (κ2) is 10.1. The van der Waals surface area contributed by atoms with Crippen LogP contribution >= 0.6 is 15.9 Å². The first-order chi connectivity index (χ1) is 17.4. The molecule has 1 aromatic carbocycles.